The third-order valence-corrected chi connectivity index (χ3v) is 3.20. The predicted octanol–water partition coefficient (Wildman–Crippen LogP) is 1.81. The number of likely N-dealkylation sites (N-methyl/N-ethyl adjacent to an activating group) is 1. The van der Waals surface area contributed by atoms with Crippen LogP contribution >= 0.6 is 11.6 Å². The summed E-state index contributed by atoms with van der Waals surface area (Å²) in [6, 6.07) is 2.90. The van der Waals surface area contributed by atoms with Gasteiger partial charge in [-0.1, -0.05) is 11.6 Å². The van der Waals surface area contributed by atoms with Crippen LogP contribution in [0.15, 0.2) is 12.1 Å². The van der Waals surface area contributed by atoms with Crippen LogP contribution in [0.25, 0.3) is 0 Å². The smallest absolute Gasteiger partial charge is 0.143 e. The number of nitrogens with two attached hydrogens (primary N) is 1. The average Bonchev–Trinajstić information content (AvgIpc) is 2.25. The van der Waals surface area contributed by atoms with Crippen LogP contribution in [-0.2, 0) is 0 Å². The molecular weight excluding hydrogens is 229 g/mol. The monoisotopic (exact) mass is 243 g/mol. The summed E-state index contributed by atoms with van der Waals surface area (Å²) in [4.78, 5) is 4.39. The van der Waals surface area contributed by atoms with Crippen molar-refractivity contribution in [3.63, 3.8) is 0 Å². The molecule has 0 spiro atoms. The zero-order valence-electron chi connectivity index (χ0n) is 9.21. The number of halogens is 2. The molecule has 3 nitrogen and oxygen atoms in total. The quantitative estimate of drug-likeness (QED) is 0.764. The number of rotatable bonds is 1. The Morgan fingerprint density at radius 1 is 1.25 bits per heavy atom. The number of anilines is 2. The molecule has 0 saturated carbocycles. The van der Waals surface area contributed by atoms with Crippen LogP contribution in [0.1, 0.15) is 0 Å². The van der Waals surface area contributed by atoms with Crippen molar-refractivity contribution in [2.24, 2.45) is 0 Å². The first-order chi connectivity index (χ1) is 7.58. The van der Waals surface area contributed by atoms with E-state index in [0.29, 0.717) is 5.69 Å². The standard InChI is InChI=1S/C11H15ClFN3/c1-15-2-4-16(5-3-15)11-6-8(12)9(13)7-10(11)14/h6-7H,2-5,14H2,1H3. The molecule has 1 aliphatic heterocycles. The van der Waals surface area contributed by atoms with E-state index in [-0.39, 0.29) is 5.02 Å². The zero-order valence-corrected chi connectivity index (χ0v) is 9.97. The van der Waals surface area contributed by atoms with Crippen molar-refractivity contribution in [3.05, 3.63) is 23.0 Å². The second-order valence-corrected chi connectivity index (χ2v) is 4.52. The first-order valence-electron chi connectivity index (χ1n) is 5.26. The molecule has 2 rings (SSSR count). The summed E-state index contributed by atoms with van der Waals surface area (Å²) in [6.07, 6.45) is 0. The van der Waals surface area contributed by atoms with Gasteiger partial charge in [-0.2, -0.15) is 0 Å². The van der Waals surface area contributed by atoms with Crippen molar-refractivity contribution < 1.29 is 4.39 Å². The molecule has 0 aromatic heterocycles. The van der Waals surface area contributed by atoms with E-state index in [4.69, 9.17) is 17.3 Å². The summed E-state index contributed by atoms with van der Waals surface area (Å²) in [5.41, 5.74) is 7.09. The van der Waals surface area contributed by atoms with Crippen molar-refractivity contribution in [1.29, 1.82) is 0 Å². The second-order valence-electron chi connectivity index (χ2n) is 4.12. The molecule has 1 saturated heterocycles. The number of hydrogen-bond acceptors (Lipinski definition) is 3. The Balaban J connectivity index is 2.23. The molecule has 0 bridgehead atoms. The van der Waals surface area contributed by atoms with Gasteiger partial charge in [0.1, 0.15) is 5.82 Å². The fourth-order valence-corrected chi connectivity index (χ4v) is 2.03. The molecule has 0 radical (unpaired) electrons. The maximum atomic E-state index is 13.2. The Hall–Kier alpha value is -1.00. The minimum absolute atomic E-state index is 0.128. The van der Waals surface area contributed by atoms with Crippen molar-refractivity contribution in [2.75, 3.05) is 43.9 Å². The minimum atomic E-state index is -0.461. The van der Waals surface area contributed by atoms with Crippen LogP contribution in [0.3, 0.4) is 0 Å². The number of benzene rings is 1. The first kappa shape index (κ1) is 11.5. The zero-order chi connectivity index (χ0) is 11.7. The fourth-order valence-electron chi connectivity index (χ4n) is 1.87. The normalized spacial score (nSPS) is 17.8. The fraction of sp³-hybridized carbons (Fsp3) is 0.455. The van der Waals surface area contributed by atoms with E-state index in [1.807, 2.05) is 0 Å². The summed E-state index contributed by atoms with van der Waals surface area (Å²) in [6.45, 7) is 3.74. The number of nitrogens with zero attached hydrogens (tertiary/aromatic N) is 2. The lowest BCUT2D eigenvalue weighted by molar-refractivity contribution is 0.313. The SMILES string of the molecule is CN1CCN(c2cc(Cl)c(F)cc2N)CC1. The highest BCUT2D eigenvalue weighted by Crippen LogP contribution is 2.29. The Kier molecular flexibility index (Phi) is 3.21. The van der Waals surface area contributed by atoms with E-state index in [9.17, 15) is 4.39 Å². The number of piperazine rings is 1. The summed E-state index contributed by atoms with van der Waals surface area (Å²) < 4.78 is 13.2. The van der Waals surface area contributed by atoms with Crippen LogP contribution in [-0.4, -0.2) is 38.1 Å². The Morgan fingerprint density at radius 3 is 2.50 bits per heavy atom. The molecule has 16 heavy (non-hydrogen) atoms. The summed E-state index contributed by atoms with van der Waals surface area (Å²) in [7, 11) is 2.08. The van der Waals surface area contributed by atoms with E-state index in [2.05, 4.69) is 16.8 Å². The Bertz CT molecular complexity index is 389. The van der Waals surface area contributed by atoms with Gasteiger partial charge in [-0.3, -0.25) is 0 Å². The molecule has 0 atom stereocenters. The highest BCUT2D eigenvalue weighted by atomic mass is 35.5. The van der Waals surface area contributed by atoms with Gasteiger partial charge in [-0.25, -0.2) is 4.39 Å². The molecule has 1 aromatic rings. The van der Waals surface area contributed by atoms with Crippen molar-refractivity contribution in [2.45, 2.75) is 0 Å². The van der Waals surface area contributed by atoms with E-state index in [1.54, 1.807) is 6.07 Å². The van der Waals surface area contributed by atoms with Crippen LogP contribution < -0.4 is 10.6 Å². The van der Waals surface area contributed by atoms with Crippen LogP contribution in [0.2, 0.25) is 5.02 Å². The lowest BCUT2D eigenvalue weighted by Crippen LogP contribution is -2.44. The maximum Gasteiger partial charge on any atom is 0.143 e. The Labute approximate surface area is 99.6 Å². The van der Waals surface area contributed by atoms with Gasteiger partial charge in [0, 0.05) is 32.2 Å². The van der Waals surface area contributed by atoms with Crippen molar-refractivity contribution in [1.82, 2.24) is 4.90 Å². The van der Waals surface area contributed by atoms with Gasteiger partial charge in [0.2, 0.25) is 0 Å². The molecule has 0 aliphatic carbocycles. The topological polar surface area (TPSA) is 32.5 Å². The second kappa shape index (κ2) is 4.47. The molecule has 88 valence electrons. The van der Waals surface area contributed by atoms with Crippen LogP contribution in [0, 0.1) is 5.82 Å². The third kappa shape index (κ3) is 2.23. The van der Waals surface area contributed by atoms with Crippen LogP contribution in [0.4, 0.5) is 15.8 Å². The van der Waals surface area contributed by atoms with E-state index in [0.717, 1.165) is 31.9 Å². The molecule has 1 fully saturated rings. The summed E-state index contributed by atoms with van der Waals surface area (Å²) >= 11 is 5.77. The molecule has 5 heteroatoms. The van der Waals surface area contributed by atoms with Gasteiger partial charge in [0.15, 0.2) is 0 Å². The molecule has 0 unspecified atom stereocenters. The first-order valence-corrected chi connectivity index (χ1v) is 5.64. The summed E-state index contributed by atoms with van der Waals surface area (Å²) in [5, 5.41) is 0.128. The number of nitrogen functional groups attached to an aromatic ring is 1. The van der Waals surface area contributed by atoms with Gasteiger partial charge in [0.05, 0.1) is 16.4 Å². The van der Waals surface area contributed by atoms with Crippen LogP contribution in [0.5, 0.6) is 0 Å². The minimum Gasteiger partial charge on any atom is -0.397 e. The largest absolute Gasteiger partial charge is 0.397 e. The summed E-state index contributed by atoms with van der Waals surface area (Å²) in [5.74, 6) is -0.461. The molecule has 1 aromatic carbocycles. The maximum absolute atomic E-state index is 13.2. The van der Waals surface area contributed by atoms with E-state index in [1.165, 1.54) is 6.07 Å². The van der Waals surface area contributed by atoms with Crippen molar-refractivity contribution >= 4 is 23.0 Å². The van der Waals surface area contributed by atoms with E-state index < -0.39 is 5.82 Å². The van der Waals surface area contributed by atoms with Gasteiger partial charge in [0.25, 0.3) is 0 Å². The van der Waals surface area contributed by atoms with Gasteiger partial charge >= 0.3 is 0 Å². The molecule has 2 N–H and O–H groups in total. The number of hydrogen-bond donors (Lipinski definition) is 1. The van der Waals surface area contributed by atoms with E-state index >= 15 is 0 Å². The lowest BCUT2D eigenvalue weighted by atomic mass is 10.2. The lowest BCUT2D eigenvalue weighted by Gasteiger charge is -2.34. The molecule has 1 heterocycles. The average molecular weight is 244 g/mol. The van der Waals surface area contributed by atoms with Crippen molar-refractivity contribution in [3.8, 4) is 0 Å². The highest BCUT2D eigenvalue weighted by Gasteiger charge is 2.17. The molecular formula is C11H15ClFN3. The Morgan fingerprint density at radius 2 is 1.88 bits per heavy atom. The van der Waals surface area contributed by atoms with Gasteiger partial charge in [-0.05, 0) is 13.1 Å². The highest BCUT2D eigenvalue weighted by molar-refractivity contribution is 6.31. The predicted molar refractivity (Wildman–Crippen MR) is 65.5 cm³/mol. The molecule has 1 aliphatic rings. The van der Waals surface area contributed by atoms with Gasteiger partial charge < -0.3 is 15.5 Å². The van der Waals surface area contributed by atoms with Gasteiger partial charge in [-0.15, -0.1) is 0 Å². The molecule has 0 amide bonds. The third-order valence-electron chi connectivity index (χ3n) is 2.91.